The van der Waals surface area contributed by atoms with E-state index in [9.17, 15) is 10.5 Å². The lowest BCUT2D eigenvalue weighted by molar-refractivity contribution is 1.05. The van der Waals surface area contributed by atoms with Gasteiger partial charge in [-0.2, -0.15) is 10.5 Å². The third-order valence-corrected chi connectivity index (χ3v) is 6.45. The van der Waals surface area contributed by atoms with Gasteiger partial charge in [-0.05, 0) is 85.3 Å². The highest BCUT2D eigenvalue weighted by atomic mass is 15.2. The Labute approximate surface area is 214 Å². The van der Waals surface area contributed by atoms with Gasteiger partial charge in [-0.1, -0.05) is 36.4 Å². The average Bonchev–Trinajstić information content (AvgIpc) is 3.27. The number of nitriles is 2. The Morgan fingerprint density at radius 3 is 1.65 bits per heavy atom. The molecule has 0 radical (unpaired) electrons. The van der Waals surface area contributed by atoms with Crippen LogP contribution in [0.15, 0.2) is 109 Å². The number of rotatable bonds is 4. The summed E-state index contributed by atoms with van der Waals surface area (Å²) >= 11 is 0. The van der Waals surface area contributed by atoms with Crippen molar-refractivity contribution in [3.05, 3.63) is 126 Å². The largest absolute Gasteiger partial charge is 0.295 e. The van der Waals surface area contributed by atoms with E-state index in [2.05, 4.69) is 64.9 Å². The molecule has 2 heterocycles. The fourth-order valence-electron chi connectivity index (χ4n) is 4.84. The first kappa shape index (κ1) is 22.1. The zero-order chi connectivity index (χ0) is 25.4. The lowest BCUT2D eigenvalue weighted by atomic mass is 10.1. The van der Waals surface area contributed by atoms with Crippen LogP contribution in [0.3, 0.4) is 0 Å². The van der Waals surface area contributed by atoms with Crippen LogP contribution in [0.2, 0.25) is 0 Å². The van der Waals surface area contributed by atoms with Gasteiger partial charge in [0.1, 0.15) is 11.6 Å². The minimum absolute atomic E-state index is 0.575. The summed E-state index contributed by atoms with van der Waals surface area (Å²) in [6, 6.07) is 40.3. The summed E-state index contributed by atoms with van der Waals surface area (Å²) in [5.74, 6) is 1.56. The first-order valence-electron chi connectivity index (χ1n) is 11.9. The lowest BCUT2D eigenvalue weighted by Gasteiger charge is -2.25. The zero-order valence-corrected chi connectivity index (χ0v) is 20.1. The summed E-state index contributed by atoms with van der Waals surface area (Å²) in [4.78, 5) is 7.32. The molecule has 37 heavy (non-hydrogen) atoms. The van der Waals surface area contributed by atoms with Gasteiger partial charge in [0, 0.05) is 22.1 Å². The van der Waals surface area contributed by atoms with Crippen LogP contribution in [0.4, 0.5) is 17.2 Å². The molecule has 0 aliphatic carbocycles. The van der Waals surface area contributed by atoms with Crippen LogP contribution in [0.25, 0.3) is 27.6 Å². The smallest absolute Gasteiger partial charge is 0.140 e. The Hall–Kier alpha value is -5.39. The molecule has 0 N–H and O–H groups in total. The maximum atomic E-state index is 9.52. The third-order valence-electron chi connectivity index (χ3n) is 6.45. The predicted octanol–water partition coefficient (Wildman–Crippen LogP) is 7.70. The number of pyridine rings is 1. The van der Waals surface area contributed by atoms with Crippen LogP contribution in [0, 0.1) is 29.6 Å². The van der Waals surface area contributed by atoms with E-state index in [-0.39, 0.29) is 0 Å². The van der Waals surface area contributed by atoms with Crippen molar-refractivity contribution in [3.8, 4) is 18.0 Å². The van der Waals surface area contributed by atoms with E-state index in [1.807, 2.05) is 72.8 Å². The molecule has 0 unspecified atom stereocenters. The molecule has 0 bridgehead atoms. The summed E-state index contributed by atoms with van der Waals surface area (Å²) in [6.45, 7) is 2.07. The SMILES string of the molecule is Cc1cc(N(c2ccccc2)c2ccccc2)nc(-n2c3ccc(C#N)cc3c3cc(C#N)ccc32)c1. The molecule has 5 nitrogen and oxygen atoms in total. The van der Waals surface area contributed by atoms with Crippen LogP contribution in [-0.2, 0) is 0 Å². The molecule has 6 aromatic rings. The van der Waals surface area contributed by atoms with Crippen LogP contribution >= 0.6 is 0 Å². The van der Waals surface area contributed by atoms with E-state index in [0.29, 0.717) is 11.1 Å². The van der Waals surface area contributed by atoms with E-state index in [1.165, 1.54) is 0 Å². The van der Waals surface area contributed by atoms with Crippen LogP contribution in [0.1, 0.15) is 16.7 Å². The van der Waals surface area contributed by atoms with Crippen molar-refractivity contribution in [1.82, 2.24) is 9.55 Å². The number of aryl methyl sites for hydroxylation is 1. The van der Waals surface area contributed by atoms with Crippen molar-refractivity contribution in [2.45, 2.75) is 6.92 Å². The fourth-order valence-corrected chi connectivity index (χ4v) is 4.84. The molecule has 0 aliphatic rings. The molecule has 0 fully saturated rings. The van der Waals surface area contributed by atoms with Gasteiger partial charge >= 0.3 is 0 Å². The number of para-hydroxylation sites is 2. The molecule has 5 heteroatoms. The normalized spacial score (nSPS) is 10.8. The Balaban J connectivity index is 1.64. The summed E-state index contributed by atoms with van der Waals surface area (Å²) < 4.78 is 2.11. The second kappa shape index (κ2) is 9.00. The van der Waals surface area contributed by atoms with E-state index in [4.69, 9.17) is 4.98 Å². The Kier molecular flexibility index (Phi) is 5.37. The van der Waals surface area contributed by atoms with Gasteiger partial charge in [0.05, 0.1) is 34.3 Å². The molecule has 2 aromatic heterocycles. The third kappa shape index (κ3) is 3.86. The summed E-state index contributed by atoms with van der Waals surface area (Å²) in [5, 5.41) is 20.9. The monoisotopic (exact) mass is 475 g/mol. The molecule has 0 atom stereocenters. The number of fused-ring (bicyclic) bond motifs is 3. The second-order valence-corrected chi connectivity index (χ2v) is 8.89. The molecule has 0 aliphatic heterocycles. The molecule has 0 spiro atoms. The Morgan fingerprint density at radius 1 is 0.649 bits per heavy atom. The Morgan fingerprint density at radius 2 is 1.16 bits per heavy atom. The number of nitrogens with zero attached hydrogens (tertiary/aromatic N) is 5. The lowest BCUT2D eigenvalue weighted by Crippen LogP contribution is -2.13. The fraction of sp³-hybridized carbons (Fsp3) is 0.0312. The molecular weight excluding hydrogens is 454 g/mol. The summed E-state index contributed by atoms with van der Waals surface area (Å²) in [6.07, 6.45) is 0. The van der Waals surface area contributed by atoms with E-state index in [0.717, 1.165) is 50.4 Å². The minimum Gasteiger partial charge on any atom is -0.295 e. The minimum atomic E-state index is 0.575. The van der Waals surface area contributed by atoms with Gasteiger partial charge < -0.3 is 0 Å². The maximum absolute atomic E-state index is 9.52. The van der Waals surface area contributed by atoms with Gasteiger partial charge in [0.15, 0.2) is 0 Å². The first-order valence-corrected chi connectivity index (χ1v) is 11.9. The zero-order valence-electron chi connectivity index (χ0n) is 20.1. The highest BCUT2D eigenvalue weighted by Crippen LogP contribution is 2.37. The van der Waals surface area contributed by atoms with Gasteiger partial charge in [0.2, 0.25) is 0 Å². The number of hydrogen-bond donors (Lipinski definition) is 0. The maximum Gasteiger partial charge on any atom is 0.140 e. The second-order valence-electron chi connectivity index (χ2n) is 8.89. The van der Waals surface area contributed by atoms with Crippen molar-refractivity contribution in [2.24, 2.45) is 0 Å². The number of benzene rings is 4. The van der Waals surface area contributed by atoms with Crippen molar-refractivity contribution in [3.63, 3.8) is 0 Å². The molecule has 0 saturated heterocycles. The molecule has 0 saturated carbocycles. The molecule has 6 rings (SSSR count). The quantitative estimate of drug-likeness (QED) is 0.262. The van der Waals surface area contributed by atoms with Gasteiger partial charge in [-0.25, -0.2) is 4.98 Å². The predicted molar refractivity (Wildman–Crippen MR) is 147 cm³/mol. The summed E-state index contributed by atoms with van der Waals surface area (Å²) in [5.41, 5.74) is 6.10. The number of aromatic nitrogens is 2. The molecule has 0 amide bonds. The van der Waals surface area contributed by atoms with Crippen molar-refractivity contribution >= 4 is 39.0 Å². The van der Waals surface area contributed by atoms with Crippen LogP contribution < -0.4 is 4.90 Å². The van der Waals surface area contributed by atoms with Crippen molar-refractivity contribution in [2.75, 3.05) is 4.90 Å². The van der Waals surface area contributed by atoms with E-state index in [1.54, 1.807) is 0 Å². The highest BCUT2D eigenvalue weighted by molar-refractivity contribution is 6.10. The number of anilines is 3. The van der Waals surface area contributed by atoms with E-state index < -0.39 is 0 Å². The molecule has 174 valence electrons. The van der Waals surface area contributed by atoms with Gasteiger partial charge in [-0.3, -0.25) is 9.47 Å². The Bertz CT molecular complexity index is 1740. The van der Waals surface area contributed by atoms with Crippen molar-refractivity contribution < 1.29 is 0 Å². The van der Waals surface area contributed by atoms with Gasteiger partial charge in [0.25, 0.3) is 0 Å². The summed E-state index contributed by atoms with van der Waals surface area (Å²) in [7, 11) is 0. The highest BCUT2D eigenvalue weighted by Gasteiger charge is 2.18. The van der Waals surface area contributed by atoms with E-state index >= 15 is 0 Å². The van der Waals surface area contributed by atoms with Crippen molar-refractivity contribution in [1.29, 1.82) is 10.5 Å². The van der Waals surface area contributed by atoms with Crippen LogP contribution in [0.5, 0.6) is 0 Å². The van der Waals surface area contributed by atoms with Crippen LogP contribution in [-0.4, -0.2) is 9.55 Å². The molecule has 4 aromatic carbocycles. The number of hydrogen-bond acceptors (Lipinski definition) is 4. The van der Waals surface area contributed by atoms with Gasteiger partial charge in [-0.15, -0.1) is 0 Å². The average molecular weight is 476 g/mol. The molecular formula is C32H21N5. The topological polar surface area (TPSA) is 68.6 Å². The first-order chi connectivity index (χ1) is 18.2. The standard InChI is InChI=1S/C32H21N5/c1-22-16-31(36(25-8-4-2-5-9-25)26-10-6-3-7-11-26)35-32(17-22)37-29-14-12-23(20-33)18-27(29)28-19-24(21-34)13-15-30(28)37/h2-19H,1H3.